The van der Waals surface area contributed by atoms with Crippen molar-refractivity contribution in [2.75, 3.05) is 0 Å². The highest BCUT2D eigenvalue weighted by molar-refractivity contribution is 5.75. The van der Waals surface area contributed by atoms with Crippen LogP contribution in [0.3, 0.4) is 0 Å². The van der Waals surface area contributed by atoms with Crippen molar-refractivity contribution < 1.29 is 24.5 Å². The molecule has 1 heterocycles. The van der Waals surface area contributed by atoms with Crippen LogP contribution in [0.5, 0.6) is 0 Å². The number of carbonyl (C=O) groups excluding carboxylic acids is 2. The van der Waals surface area contributed by atoms with Gasteiger partial charge in [-0.05, 0) is 27.7 Å². The van der Waals surface area contributed by atoms with Crippen LogP contribution in [0.4, 0.5) is 4.79 Å². The summed E-state index contributed by atoms with van der Waals surface area (Å²) in [6.07, 6.45) is -0.482. The molecule has 0 unspecified atom stereocenters. The molecule has 1 N–H and O–H groups in total. The van der Waals surface area contributed by atoms with E-state index < -0.39 is 17.2 Å². The molecule has 0 saturated carbocycles. The van der Waals surface area contributed by atoms with Gasteiger partial charge in [0.25, 0.3) is 0 Å². The highest BCUT2D eigenvalue weighted by Gasteiger charge is 2.47. The van der Waals surface area contributed by atoms with Gasteiger partial charge in [-0.2, -0.15) is 5.26 Å². The second kappa shape index (κ2) is 4.76. The maximum Gasteiger partial charge on any atom is 0.540 e. The van der Waals surface area contributed by atoms with Gasteiger partial charge in [0.05, 0.1) is 0 Å². The van der Waals surface area contributed by atoms with Crippen molar-refractivity contribution in [2.45, 2.75) is 64.6 Å². The molecule has 1 rings (SSSR count). The van der Waals surface area contributed by atoms with E-state index in [4.69, 9.17) is 9.99 Å². The zero-order valence-electron chi connectivity index (χ0n) is 11.5. The molecule has 0 bridgehead atoms. The van der Waals surface area contributed by atoms with Crippen LogP contribution in [-0.2, 0) is 14.4 Å². The molecule has 0 aliphatic carbocycles. The van der Waals surface area contributed by atoms with Crippen LogP contribution < -0.4 is 0 Å². The molecule has 1 saturated heterocycles. The van der Waals surface area contributed by atoms with Crippen LogP contribution >= 0.6 is 0 Å². The standard InChI is InChI=1S/C12H21NO5/c1-8(14)13-11(2,3)6-9(7-12(13,4)5)17-10(15)18-16/h9,16H,6-7H2,1-5H3. The smallest absolute Gasteiger partial charge is 0.429 e. The number of nitrogens with zero attached hydrogens (tertiary/aromatic N) is 1. The molecule has 0 spiro atoms. The van der Waals surface area contributed by atoms with Gasteiger partial charge in [0.15, 0.2) is 0 Å². The number of hydrogen-bond acceptors (Lipinski definition) is 5. The first-order chi connectivity index (χ1) is 8.10. The van der Waals surface area contributed by atoms with Gasteiger partial charge >= 0.3 is 6.16 Å². The summed E-state index contributed by atoms with van der Waals surface area (Å²) in [5.41, 5.74) is -0.845. The summed E-state index contributed by atoms with van der Waals surface area (Å²) < 4.78 is 4.99. The number of hydrogen-bond donors (Lipinski definition) is 1. The minimum atomic E-state index is -1.11. The third kappa shape index (κ3) is 2.93. The maximum absolute atomic E-state index is 11.8. The monoisotopic (exact) mass is 259 g/mol. The first-order valence-corrected chi connectivity index (χ1v) is 5.93. The number of likely N-dealkylation sites (tertiary alicyclic amines) is 1. The molecule has 6 nitrogen and oxygen atoms in total. The van der Waals surface area contributed by atoms with Gasteiger partial charge in [0.2, 0.25) is 5.91 Å². The molecule has 0 atom stereocenters. The number of ether oxygens (including phenoxy) is 1. The Bertz CT molecular complexity index is 332. The van der Waals surface area contributed by atoms with Crippen molar-refractivity contribution in [3.8, 4) is 0 Å². The maximum atomic E-state index is 11.8. The molecule has 0 radical (unpaired) electrons. The largest absolute Gasteiger partial charge is 0.540 e. The molecule has 1 aliphatic rings. The second-order valence-corrected chi connectivity index (χ2v) is 5.97. The predicted octanol–water partition coefficient (Wildman–Crippen LogP) is 2.18. The van der Waals surface area contributed by atoms with E-state index in [2.05, 4.69) is 4.89 Å². The van der Waals surface area contributed by atoms with E-state index in [1.807, 2.05) is 32.6 Å². The van der Waals surface area contributed by atoms with Crippen LogP contribution in [0.15, 0.2) is 0 Å². The molecule has 0 aromatic carbocycles. The van der Waals surface area contributed by atoms with Gasteiger partial charge in [0.1, 0.15) is 6.10 Å². The van der Waals surface area contributed by atoms with Crippen molar-refractivity contribution in [3.05, 3.63) is 0 Å². The zero-order valence-corrected chi connectivity index (χ0v) is 11.5. The van der Waals surface area contributed by atoms with Crippen LogP contribution in [0, 0.1) is 0 Å². The molecule has 6 heteroatoms. The van der Waals surface area contributed by atoms with Crippen molar-refractivity contribution in [1.82, 2.24) is 4.90 Å². The Morgan fingerprint density at radius 1 is 1.17 bits per heavy atom. The molecular formula is C12H21NO5. The lowest BCUT2D eigenvalue weighted by atomic mass is 9.78. The van der Waals surface area contributed by atoms with Gasteiger partial charge in [-0.15, -0.1) is 0 Å². The summed E-state index contributed by atoms with van der Waals surface area (Å²) in [5, 5.41) is 8.23. The Morgan fingerprint density at radius 2 is 1.61 bits per heavy atom. The quantitative estimate of drug-likeness (QED) is 0.443. The molecule has 104 valence electrons. The van der Waals surface area contributed by atoms with Crippen LogP contribution in [-0.4, -0.2) is 39.4 Å². The van der Waals surface area contributed by atoms with Crippen LogP contribution in [0.25, 0.3) is 0 Å². The Morgan fingerprint density at radius 3 is 1.94 bits per heavy atom. The lowest BCUT2D eigenvalue weighted by Crippen LogP contribution is -2.63. The van der Waals surface area contributed by atoms with Crippen molar-refractivity contribution in [2.24, 2.45) is 0 Å². The summed E-state index contributed by atoms with van der Waals surface area (Å²) in [6, 6.07) is 0. The lowest BCUT2D eigenvalue weighted by Gasteiger charge is -2.54. The van der Waals surface area contributed by atoms with Crippen molar-refractivity contribution in [3.63, 3.8) is 0 Å². The molecular weight excluding hydrogens is 238 g/mol. The second-order valence-electron chi connectivity index (χ2n) is 5.97. The Hall–Kier alpha value is -1.30. The number of amides is 1. The summed E-state index contributed by atoms with van der Waals surface area (Å²) in [4.78, 5) is 28.0. The Balaban J connectivity index is 2.91. The van der Waals surface area contributed by atoms with Gasteiger partial charge in [-0.1, -0.05) is 0 Å². The number of piperidine rings is 1. The van der Waals surface area contributed by atoms with E-state index in [9.17, 15) is 9.59 Å². The fourth-order valence-corrected chi connectivity index (χ4v) is 3.28. The first kappa shape index (κ1) is 14.8. The Kier molecular flexibility index (Phi) is 3.90. The summed E-state index contributed by atoms with van der Waals surface area (Å²) >= 11 is 0. The average molecular weight is 259 g/mol. The van der Waals surface area contributed by atoms with Gasteiger partial charge in [-0.3, -0.25) is 9.68 Å². The van der Waals surface area contributed by atoms with E-state index in [0.29, 0.717) is 12.8 Å². The summed E-state index contributed by atoms with van der Waals surface area (Å²) in [5.74, 6) is -0.00631. The SMILES string of the molecule is CC(=O)N1C(C)(C)CC(OC(=O)OO)CC1(C)C. The summed E-state index contributed by atoms with van der Waals surface area (Å²) in [6.45, 7) is 9.24. The highest BCUT2D eigenvalue weighted by atomic mass is 17.1. The van der Waals surface area contributed by atoms with Crippen LogP contribution in [0.1, 0.15) is 47.5 Å². The fourth-order valence-electron chi connectivity index (χ4n) is 3.28. The van der Waals surface area contributed by atoms with E-state index in [1.54, 1.807) is 0 Å². The topological polar surface area (TPSA) is 76.1 Å². The van der Waals surface area contributed by atoms with Crippen molar-refractivity contribution in [1.29, 1.82) is 0 Å². The van der Waals surface area contributed by atoms with E-state index in [1.165, 1.54) is 6.92 Å². The van der Waals surface area contributed by atoms with Crippen molar-refractivity contribution >= 4 is 12.1 Å². The van der Waals surface area contributed by atoms with E-state index in [-0.39, 0.29) is 12.0 Å². The van der Waals surface area contributed by atoms with Gasteiger partial charge < -0.3 is 9.64 Å². The lowest BCUT2D eigenvalue weighted by molar-refractivity contribution is -0.211. The van der Waals surface area contributed by atoms with Crippen LogP contribution in [0.2, 0.25) is 0 Å². The molecule has 0 aromatic heterocycles. The third-order valence-electron chi connectivity index (χ3n) is 3.32. The highest BCUT2D eigenvalue weighted by Crippen LogP contribution is 2.39. The molecule has 18 heavy (non-hydrogen) atoms. The third-order valence-corrected chi connectivity index (χ3v) is 3.32. The number of rotatable bonds is 1. The van der Waals surface area contributed by atoms with E-state index in [0.717, 1.165) is 0 Å². The molecule has 1 amide bonds. The predicted molar refractivity (Wildman–Crippen MR) is 63.9 cm³/mol. The Labute approximate surface area is 107 Å². The zero-order chi connectivity index (χ0) is 14.1. The summed E-state index contributed by atoms with van der Waals surface area (Å²) in [7, 11) is 0. The molecule has 1 aliphatic heterocycles. The first-order valence-electron chi connectivity index (χ1n) is 5.93. The fraction of sp³-hybridized carbons (Fsp3) is 0.833. The van der Waals surface area contributed by atoms with E-state index >= 15 is 0 Å². The normalized spacial score (nSPS) is 22.4. The molecule has 0 aromatic rings. The minimum Gasteiger partial charge on any atom is -0.429 e. The van der Waals surface area contributed by atoms with Gasteiger partial charge in [-0.25, -0.2) is 4.79 Å². The average Bonchev–Trinajstić information content (AvgIpc) is 2.11. The number of carbonyl (C=O) groups is 2. The van der Waals surface area contributed by atoms with Gasteiger partial charge in [0, 0.05) is 30.8 Å². The minimum absolute atomic E-state index is 0.00631. The molecule has 1 fully saturated rings.